The number of hydrogen-bond acceptors (Lipinski definition) is 2. The van der Waals surface area contributed by atoms with Gasteiger partial charge in [-0.15, -0.1) is 11.3 Å². The molecule has 0 spiro atoms. The van der Waals surface area contributed by atoms with Crippen LogP contribution in [-0.4, -0.2) is 22.9 Å². The molecule has 1 aromatic rings. The largest absolute Gasteiger partial charge is 0.338 e. The lowest BCUT2D eigenvalue weighted by molar-refractivity contribution is -0.134. The van der Waals surface area contributed by atoms with Gasteiger partial charge in [0.25, 0.3) is 0 Å². The van der Waals surface area contributed by atoms with Crippen LogP contribution in [0.5, 0.6) is 0 Å². The lowest BCUT2D eigenvalue weighted by Crippen LogP contribution is -2.42. The van der Waals surface area contributed by atoms with Crippen LogP contribution in [0.25, 0.3) is 0 Å². The maximum atomic E-state index is 12.1. The Morgan fingerprint density at radius 3 is 2.35 bits per heavy atom. The Kier molecular flexibility index (Phi) is 5.67. The Morgan fingerprint density at radius 2 is 1.94 bits per heavy atom. The molecule has 4 heteroatoms. The van der Waals surface area contributed by atoms with Crippen molar-refractivity contribution in [2.24, 2.45) is 0 Å². The average Bonchev–Trinajstić information content (AvgIpc) is 2.60. The predicted molar refractivity (Wildman–Crippen MR) is 77.5 cm³/mol. The molecule has 2 nitrogen and oxygen atoms in total. The first-order valence-electron chi connectivity index (χ1n) is 5.96. The second-order valence-electron chi connectivity index (χ2n) is 4.72. The Morgan fingerprint density at radius 1 is 1.35 bits per heavy atom. The molecule has 0 aromatic carbocycles. The summed E-state index contributed by atoms with van der Waals surface area (Å²) in [6.45, 7) is 8.28. The summed E-state index contributed by atoms with van der Waals surface area (Å²) < 4.78 is 1.11. The molecule has 0 saturated heterocycles. The van der Waals surface area contributed by atoms with E-state index in [-0.39, 0.29) is 18.0 Å². The van der Waals surface area contributed by atoms with Gasteiger partial charge in [-0.25, -0.2) is 0 Å². The smallest absolute Gasteiger partial charge is 0.223 e. The molecule has 0 N–H and O–H groups in total. The predicted octanol–water partition coefficient (Wildman–Crippen LogP) is 4.09. The van der Waals surface area contributed by atoms with E-state index in [0.717, 1.165) is 10.9 Å². The van der Waals surface area contributed by atoms with E-state index < -0.39 is 0 Å². The standard InChI is InChI=1S/C13H20BrNOS/c1-9(2)15(10(3)4)13(16)6-5-12-7-11(14)8-17-12/h7-10H,5-6H2,1-4H3. The van der Waals surface area contributed by atoms with E-state index in [2.05, 4.69) is 55.1 Å². The lowest BCUT2D eigenvalue weighted by atomic mass is 10.1. The van der Waals surface area contributed by atoms with E-state index in [1.165, 1.54) is 4.88 Å². The summed E-state index contributed by atoms with van der Waals surface area (Å²) in [5, 5.41) is 2.06. The van der Waals surface area contributed by atoms with Gasteiger partial charge in [0.2, 0.25) is 5.91 Å². The molecule has 1 amide bonds. The van der Waals surface area contributed by atoms with Gasteiger partial charge in [0.15, 0.2) is 0 Å². The number of halogens is 1. The molecule has 1 rings (SSSR count). The van der Waals surface area contributed by atoms with Crippen LogP contribution < -0.4 is 0 Å². The molecule has 0 aliphatic rings. The van der Waals surface area contributed by atoms with Gasteiger partial charge < -0.3 is 4.90 Å². The van der Waals surface area contributed by atoms with Gasteiger partial charge in [-0.3, -0.25) is 4.79 Å². The highest BCUT2D eigenvalue weighted by Crippen LogP contribution is 2.21. The van der Waals surface area contributed by atoms with Crippen LogP contribution in [0, 0.1) is 0 Å². The summed E-state index contributed by atoms with van der Waals surface area (Å²) in [6, 6.07) is 2.64. The van der Waals surface area contributed by atoms with Crippen molar-refractivity contribution < 1.29 is 4.79 Å². The molecule has 96 valence electrons. The fourth-order valence-electron chi connectivity index (χ4n) is 2.02. The number of aryl methyl sites for hydroxylation is 1. The first-order valence-corrected chi connectivity index (χ1v) is 7.63. The van der Waals surface area contributed by atoms with Crippen LogP contribution in [0.1, 0.15) is 39.0 Å². The summed E-state index contributed by atoms with van der Waals surface area (Å²) in [6.07, 6.45) is 1.44. The van der Waals surface area contributed by atoms with Crippen LogP contribution in [0.15, 0.2) is 15.9 Å². The maximum absolute atomic E-state index is 12.1. The topological polar surface area (TPSA) is 20.3 Å². The number of rotatable bonds is 5. The highest BCUT2D eigenvalue weighted by molar-refractivity contribution is 9.10. The van der Waals surface area contributed by atoms with E-state index in [0.29, 0.717) is 6.42 Å². The van der Waals surface area contributed by atoms with Crippen molar-refractivity contribution in [2.75, 3.05) is 0 Å². The SMILES string of the molecule is CC(C)N(C(=O)CCc1cc(Br)cs1)C(C)C. The monoisotopic (exact) mass is 317 g/mol. The Labute approximate surface area is 116 Å². The molecule has 17 heavy (non-hydrogen) atoms. The Hall–Kier alpha value is -0.350. The highest BCUT2D eigenvalue weighted by atomic mass is 79.9. The summed E-state index contributed by atoms with van der Waals surface area (Å²) in [7, 11) is 0. The normalized spacial score (nSPS) is 11.2. The number of carbonyl (C=O) groups is 1. The van der Waals surface area contributed by atoms with Crippen molar-refractivity contribution in [3.63, 3.8) is 0 Å². The molecule has 0 radical (unpaired) electrons. The third-order valence-corrected chi connectivity index (χ3v) is 4.37. The van der Waals surface area contributed by atoms with Gasteiger partial charge in [-0.2, -0.15) is 0 Å². The summed E-state index contributed by atoms with van der Waals surface area (Å²) in [4.78, 5) is 15.3. The quantitative estimate of drug-likeness (QED) is 0.801. The van der Waals surface area contributed by atoms with Gasteiger partial charge in [0.05, 0.1) is 0 Å². The molecule has 0 aliphatic heterocycles. The molecular formula is C13H20BrNOS. The first kappa shape index (κ1) is 14.7. The van der Waals surface area contributed by atoms with Gasteiger partial charge in [0, 0.05) is 33.2 Å². The zero-order valence-electron chi connectivity index (χ0n) is 10.9. The summed E-state index contributed by atoms with van der Waals surface area (Å²) in [5.41, 5.74) is 0. The zero-order valence-corrected chi connectivity index (χ0v) is 13.3. The minimum Gasteiger partial charge on any atom is -0.338 e. The first-order chi connectivity index (χ1) is 7.91. The number of carbonyl (C=O) groups excluding carboxylic acids is 1. The van der Waals surface area contributed by atoms with Crippen molar-refractivity contribution in [3.8, 4) is 0 Å². The van der Waals surface area contributed by atoms with Gasteiger partial charge >= 0.3 is 0 Å². The summed E-state index contributed by atoms with van der Waals surface area (Å²) >= 11 is 5.13. The van der Waals surface area contributed by atoms with Gasteiger partial charge in [-0.05, 0) is 56.1 Å². The van der Waals surface area contributed by atoms with E-state index in [9.17, 15) is 4.79 Å². The molecular weight excluding hydrogens is 298 g/mol. The van der Waals surface area contributed by atoms with Crippen molar-refractivity contribution in [1.82, 2.24) is 4.90 Å². The molecule has 0 bridgehead atoms. The second kappa shape index (κ2) is 6.55. The Balaban J connectivity index is 2.53. The maximum Gasteiger partial charge on any atom is 0.223 e. The molecule has 1 aromatic heterocycles. The Bertz CT molecular complexity index is 365. The zero-order chi connectivity index (χ0) is 13.0. The van der Waals surface area contributed by atoms with Gasteiger partial charge in [-0.1, -0.05) is 0 Å². The van der Waals surface area contributed by atoms with Crippen LogP contribution in [0.2, 0.25) is 0 Å². The molecule has 1 heterocycles. The molecule has 0 fully saturated rings. The number of nitrogens with zero attached hydrogens (tertiary/aromatic N) is 1. The second-order valence-corrected chi connectivity index (χ2v) is 6.63. The van der Waals surface area contributed by atoms with E-state index in [4.69, 9.17) is 0 Å². The third-order valence-electron chi connectivity index (χ3n) is 2.61. The number of hydrogen-bond donors (Lipinski definition) is 0. The van der Waals surface area contributed by atoms with Crippen LogP contribution in [-0.2, 0) is 11.2 Å². The number of amides is 1. The fraction of sp³-hybridized carbons (Fsp3) is 0.615. The van der Waals surface area contributed by atoms with E-state index in [1.807, 2.05) is 4.90 Å². The van der Waals surface area contributed by atoms with Crippen molar-refractivity contribution in [3.05, 3.63) is 20.8 Å². The highest BCUT2D eigenvalue weighted by Gasteiger charge is 2.19. The lowest BCUT2D eigenvalue weighted by Gasteiger charge is -2.30. The minimum atomic E-state index is 0.250. The molecule has 0 saturated carbocycles. The van der Waals surface area contributed by atoms with E-state index >= 15 is 0 Å². The molecule has 0 unspecified atom stereocenters. The average molecular weight is 318 g/mol. The third kappa shape index (κ3) is 4.43. The van der Waals surface area contributed by atoms with Crippen LogP contribution in [0.4, 0.5) is 0 Å². The number of thiophene rings is 1. The molecule has 0 atom stereocenters. The van der Waals surface area contributed by atoms with Crippen LogP contribution in [0.3, 0.4) is 0 Å². The van der Waals surface area contributed by atoms with E-state index in [1.54, 1.807) is 11.3 Å². The van der Waals surface area contributed by atoms with Crippen molar-refractivity contribution in [1.29, 1.82) is 0 Å². The minimum absolute atomic E-state index is 0.250. The van der Waals surface area contributed by atoms with Crippen LogP contribution >= 0.6 is 27.3 Å². The van der Waals surface area contributed by atoms with Crippen molar-refractivity contribution in [2.45, 2.75) is 52.6 Å². The fourth-order valence-corrected chi connectivity index (χ4v) is 3.47. The summed E-state index contributed by atoms with van der Waals surface area (Å²) in [5.74, 6) is 0.250. The molecule has 0 aliphatic carbocycles. The van der Waals surface area contributed by atoms with Gasteiger partial charge in [0.1, 0.15) is 0 Å². The van der Waals surface area contributed by atoms with Crippen molar-refractivity contribution >= 4 is 33.2 Å².